The molecule has 1 N–H and O–H groups in total. The number of oxime groups is 1. The van der Waals surface area contributed by atoms with E-state index in [1.807, 2.05) is 31.3 Å². The summed E-state index contributed by atoms with van der Waals surface area (Å²) in [5.74, 6) is 1.80. The molecule has 0 saturated heterocycles. The van der Waals surface area contributed by atoms with Crippen LogP contribution in [0, 0.1) is 5.92 Å². The van der Waals surface area contributed by atoms with Crippen LogP contribution in [0.4, 0.5) is 0 Å². The van der Waals surface area contributed by atoms with E-state index in [4.69, 9.17) is 14.3 Å². The van der Waals surface area contributed by atoms with Crippen molar-refractivity contribution in [1.82, 2.24) is 5.32 Å². The lowest BCUT2D eigenvalue weighted by Crippen LogP contribution is -2.28. The van der Waals surface area contributed by atoms with Crippen molar-refractivity contribution in [3.63, 3.8) is 0 Å². The monoisotopic (exact) mass is 352 g/mol. The van der Waals surface area contributed by atoms with Crippen LogP contribution in [-0.4, -0.2) is 33.0 Å². The number of rotatable bonds is 7. The Balaban J connectivity index is 1.66. The summed E-state index contributed by atoms with van der Waals surface area (Å²) in [4.78, 5) is 5.63. The molecule has 2 aliphatic rings. The molecule has 26 heavy (non-hydrogen) atoms. The number of methoxy groups -OCH3 is 1. The number of fused-ring (bicyclic) bond motifs is 2. The zero-order valence-corrected chi connectivity index (χ0v) is 15.2. The fraction of sp³-hybridized carbons (Fsp3) is 0.381. The van der Waals surface area contributed by atoms with Crippen LogP contribution in [0.25, 0.3) is 0 Å². The van der Waals surface area contributed by atoms with Crippen molar-refractivity contribution in [2.24, 2.45) is 11.1 Å². The third-order valence-electron chi connectivity index (χ3n) is 5.08. The fourth-order valence-electron chi connectivity index (χ4n) is 3.62. The predicted octanol–water partition coefficient (Wildman–Crippen LogP) is 3.33. The predicted molar refractivity (Wildman–Crippen MR) is 101 cm³/mol. The Hall–Kier alpha value is -2.53. The smallest absolute Gasteiger partial charge is 0.143 e. The third-order valence-corrected chi connectivity index (χ3v) is 5.08. The summed E-state index contributed by atoms with van der Waals surface area (Å²) < 4.78 is 11.8. The molecule has 0 spiro atoms. The minimum absolute atomic E-state index is 0.218. The first kappa shape index (κ1) is 16.9. The van der Waals surface area contributed by atoms with Gasteiger partial charge in [-0.1, -0.05) is 35.5 Å². The summed E-state index contributed by atoms with van der Waals surface area (Å²) in [7, 11) is 3.60. The van der Waals surface area contributed by atoms with Crippen LogP contribution in [0.3, 0.4) is 0 Å². The highest BCUT2D eigenvalue weighted by Gasteiger charge is 2.64. The highest BCUT2D eigenvalue weighted by atomic mass is 16.6. The molecule has 0 amide bonds. The summed E-state index contributed by atoms with van der Waals surface area (Å²) in [6.45, 7) is 1.51. The van der Waals surface area contributed by atoms with E-state index in [0.29, 0.717) is 6.61 Å². The normalized spacial score (nSPS) is 24.4. The maximum absolute atomic E-state index is 6.47. The molecule has 1 aliphatic heterocycles. The standard InChI is InChI=1S/C21H24N2O3/c1-22-11-6-12-25-23-20-17-10-9-16(24-2)13-19(17)26-21(14-18(20)21)15-7-4-3-5-8-15/h3-5,7-10,13,18,22H,6,11-12,14H2,1-2H3. The van der Waals surface area contributed by atoms with Gasteiger partial charge in [-0.05, 0) is 37.7 Å². The summed E-state index contributed by atoms with van der Waals surface area (Å²) >= 11 is 0. The van der Waals surface area contributed by atoms with Crippen molar-refractivity contribution >= 4 is 5.71 Å². The van der Waals surface area contributed by atoms with Gasteiger partial charge in [-0.15, -0.1) is 0 Å². The van der Waals surface area contributed by atoms with E-state index >= 15 is 0 Å². The van der Waals surface area contributed by atoms with Crippen LogP contribution in [0.5, 0.6) is 11.5 Å². The molecular weight excluding hydrogens is 328 g/mol. The number of nitrogens with one attached hydrogen (secondary N) is 1. The van der Waals surface area contributed by atoms with Crippen molar-refractivity contribution < 1.29 is 14.3 Å². The molecule has 1 saturated carbocycles. The maximum Gasteiger partial charge on any atom is 0.143 e. The average molecular weight is 352 g/mol. The van der Waals surface area contributed by atoms with Crippen LogP contribution in [0.15, 0.2) is 53.7 Å². The molecule has 0 bridgehead atoms. The highest BCUT2D eigenvalue weighted by Crippen LogP contribution is 2.60. The molecule has 0 radical (unpaired) electrons. The van der Waals surface area contributed by atoms with Gasteiger partial charge >= 0.3 is 0 Å². The fourth-order valence-corrected chi connectivity index (χ4v) is 3.62. The van der Waals surface area contributed by atoms with Crippen LogP contribution >= 0.6 is 0 Å². The lowest BCUT2D eigenvalue weighted by molar-refractivity contribution is 0.134. The van der Waals surface area contributed by atoms with Crippen LogP contribution in [0.1, 0.15) is 24.0 Å². The lowest BCUT2D eigenvalue weighted by Gasteiger charge is -2.27. The Bertz CT molecular complexity index is 806. The molecule has 1 aliphatic carbocycles. The minimum atomic E-state index is -0.339. The van der Waals surface area contributed by atoms with E-state index in [1.165, 1.54) is 5.56 Å². The largest absolute Gasteiger partial charge is 0.497 e. The number of nitrogens with zero attached hydrogens (tertiary/aromatic N) is 1. The lowest BCUT2D eigenvalue weighted by atomic mass is 9.95. The van der Waals surface area contributed by atoms with Crippen LogP contribution in [-0.2, 0) is 10.4 Å². The van der Waals surface area contributed by atoms with Gasteiger partial charge < -0.3 is 19.6 Å². The molecular formula is C21H24N2O3. The molecule has 2 aromatic rings. The van der Waals surface area contributed by atoms with Gasteiger partial charge in [0.25, 0.3) is 0 Å². The van der Waals surface area contributed by atoms with Crippen LogP contribution in [0.2, 0.25) is 0 Å². The molecule has 2 atom stereocenters. The van der Waals surface area contributed by atoms with Crippen LogP contribution < -0.4 is 14.8 Å². The second-order valence-corrected chi connectivity index (χ2v) is 6.74. The zero-order chi connectivity index (χ0) is 18.0. The van der Waals surface area contributed by atoms with Crippen molar-refractivity contribution in [2.45, 2.75) is 18.4 Å². The van der Waals surface area contributed by atoms with E-state index in [-0.39, 0.29) is 11.5 Å². The number of ether oxygens (including phenoxy) is 2. The SMILES string of the molecule is CNCCCON=C1c2ccc(OC)cc2OC2(c3ccccc3)CC12. The minimum Gasteiger partial charge on any atom is -0.497 e. The van der Waals surface area contributed by atoms with Crippen molar-refractivity contribution in [3.8, 4) is 11.5 Å². The molecule has 2 aromatic carbocycles. The number of hydrogen-bond donors (Lipinski definition) is 1. The summed E-state index contributed by atoms with van der Waals surface area (Å²) in [6.07, 6.45) is 1.83. The first-order valence-electron chi connectivity index (χ1n) is 9.06. The third kappa shape index (κ3) is 2.92. The maximum atomic E-state index is 6.47. The highest BCUT2D eigenvalue weighted by molar-refractivity contribution is 6.08. The van der Waals surface area contributed by atoms with E-state index < -0.39 is 0 Å². The van der Waals surface area contributed by atoms with Gasteiger partial charge in [0.05, 0.1) is 18.7 Å². The van der Waals surface area contributed by atoms with E-state index in [1.54, 1.807) is 7.11 Å². The van der Waals surface area contributed by atoms with Gasteiger partial charge in [0.15, 0.2) is 0 Å². The molecule has 1 fully saturated rings. The van der Waals surface area contributed by atoms with Gasteiger partial charge in [-0.3, -0.25) is 0 Å². The molecule has 5 heteroatoms. The average Bonchev–Trinajstić information content (AvgIpc) is 3.42. The molecule has 1 heterocycles. The Kier molecular flexibility index (Phi) is 4.55. The Morgan fingerprint density at radius 2 is 2.08 bits per heavy atom. The Labute approximate surface area is 154 Å². The van der Waals surface area contributed by atoms with Crippen molar-refractivity contribution in [1.29, 1.82) is 0 Å². The second kappa shape index (κ2) is 7.00. The topological polar surface area (TPSA) is 52.1 Å². The molecule has 0 aromatic heterocycles. The van der Waals surface area contributed by atoms with Gasteiger partial charge in [0.2, 0.25) is 0 Å². The molecule has 136 valence electrons. The van der Waals surface area contributed by atoms with Crippen molar-refractivity contribution in [2.75, 3.05) is 27.3 Å². The first-order chi connectivity index (χ1) is 12.8. The van der Waals surface area contributed by atoms with Gasteiger partial charge in [0, 0.05) is 18.1 Å². The molecule has 2 unspecified atom stereocenters. The summed E-state index contributed by atoms with van der Waals surface area (Å²) in [6, 6.07) is 16.3. The Morgan fingerprint density at radius 3 is 2.85 bits per heavy atom. The van der Waals surface area contributed by atoms with Gasteiger partial charge in [-0.25, -0.2) is 0 Å². The summed E-state index contributed by atoms with van der Waals surface area (Å²) in [5, 5.41) is 7.63. The number of benzene rings is 2. The van der Waals surface area contributed by atoms with E-state index in [9.17, 15) is 0 Å². The molecule has 4 rings (SSSR count). The quantitative estimate of drug-likeness (QED) is 0.613. The van der Waals surface area contributed by atoms with Crippen molar-refractivity contribution in [3.05, 3.63) is 59.7 Å². The van der Waals surface area contributed by atoms with E-state index in [0.717, 1.165) is 42.2 Å². The molecule has 5 nitrogen and oxygen atoms in total. The second-order valence-electron chi connectivity index (χ2n) is 6.74. The number of hydrogen-bond acceptors (Lipinski definition) is 5. The van der Waals surface area contributed by atoms with Gasteiger partial charge in [0.1, 0.15) is 23.7 Å². The van der Waals surface area contributed by atoms with Gasteiger partial charge in [-0.2, -0.15) is 0 Å². The first-order valence-corrected chi connectivity index (χ1v) is 9.06. The zero-order valence-electron chi connectivity index (χ0n) is 15.2. The Morgan fingerprint density at radius 1 is 1.23 bits per heavy atom. The van der Waals surface area contributed by atoms with E-state index in [2.05, 4.69) is 34.7 Å². The summed E-state index contributed by atoms with van der Waals surface area (Å²) in [5.41, 5.74) is 2.81.